The molecule has 0 spiro atoms. The van der Waals surface area contributed by atoms with Crippen molar-refractivity contribution < 1.29 is 14.3 Å². The van der Waals surface area contributed by atoms with Crippen molar-refractivity contribution in [1.29, 1.82) is 0 Å². The Kier molecular flexibility index (Phi) is 4.66. The van der Waals surface area contributed by atoms with Gasteiger partial charge in [-0.1, -0.05) is 36.4 Å². The Morgan fingerprint density at radius 2 is 1.65 bits per heavy atom. The van der Waals surface area contributed by atoms with Gasteiger partial charge in [-0.25, -0.2) is 0 Å². The van der Waals surface area contributed by atoms with Gasteiger partial charge in [-0.3, -0.25) is 19.8 Å². The molecule has 31 heavy (non-hydrogen) atoms. The summed E-state index contributed by atoms with van der Waals surface area (Å²) in [5.74, 6) is 1.58. The van der Waals surface area contributed by atoms with E-state index in [0.29, 0.717) is 41.3 Å². The standard InChI is InChI=1S/C24H23N3O4/c1-30-18-9-8-14(12-19(18)31-2)15-10-16-21(17(28)11-15)20(13-6-4-3-5-7-13)22-23(25-16)26-27-24(22)29/h3-9,12,15,20H,10-11H2,1-2H3,(H3,25,26,27,29)/t15-,20-/m0/s1. The number of aromatic nitrogens is 2. The maximum absolute atomic E-state index is 13.4. The van der Waals surface area contributed by atoms with Crippen LogP contribution in [-0.2, 0) is 4.79 Å². The minimum atomic E-state index is -0.388. The summed E-state index contributed by atoms with van der Waals surface area (Å²) in [6.45, 7) is 0. The molecule has 2 heterocycles. The molecule has 0 unspecified atom stereocenters. The van der Waals surface area contributed by atoms with Crippen LogP contribution in [0, 0.1) is 0 Å². The third-order valence-corrected chi connectivity index (χ3v) is 6.19. The van der Waals surface area contributed by atoms with E-state index in [1.807, 2.05) is 48.5 Å². The fourth-order valence-corrected chi connectivity index (χ4v) is 4.74. The van der Waals surface area contributed by atoms with E-state index in [2.05, 4.69) is 15.5 Å². The van der Waals surface area contributed by atoms with Gasteiger partial charge < -0.3 is 14.8 Å². The van der Waals surface area contributed by atoms with Crippen molar-refractivity contribution in [2.45, 2.75) is 24.7 Å². The zero-order valence-corrected chi connectivity index (χ0v) is 17.3. The van der Waals surface area contributed by atoms with Crippen LogP contribution < -0.4 is 20.3 Å². The lowest BCUT2D eigenvalue weighted by Gasteiger charge is -2.34. The number of hydrogen-bond acceptors (Lipinski definition) is 5. The van der Waals surface area contributed by atoms with E-state index in [1.165, 1.54) is 0 Å². The van der Waals surface area contributed by atoms with Crippen molar-refractivity contribution >= 4 is 11.6 Å². The van der Waals surface area contributed by atoms with Crippen LogP contribution in [0.15, 0.2) is 64.6 Å². The summed E-state index contributed by atoms with van der Waals surface area (Å²) in [6, 6.07) is 15.5. The smallest absolute Gasteiger partial charge is 0.270 e. The summed E-state index contributed by atoms with van der Waals surface area (Å²) in [4.78, 5) is 26.0. The average molecular weight is 417 g/mol. The van der Waals surface area contributed by atoms with E-state index < -0.39 is 0 Å². The van der Waals surface area contributed by atoms with E-state index in [0.717, 1.165) is 16.8 Å². The lowest BCUT2D eigenvalue weighted by atomic mass is 9.73. The van der Waals surface area contributed by atoms with Crippen LogP contribution in [0.5, 0.6) is 11.5 Å². The molecule has 2 atom stereocenters. The molecule has 1 aromatic heterocycles. The molecule has 7 heteroatoms. The highest BCUT2D eigenvalue weighted by molar-refractivity contribution is 6.01. The molecule has 7 nitrogen and oxygen atoms in total. The number of ether oxygens (including phenoxy) is 2. The molecule has 158 valence electrons. The van der Waals surface area contributed by atoms with Crippen molar-refractivity contribution in [3.8, 4) is 11.5 Å². The van der Waals surface area contributed by atoms with Crippen molar-refractivity contribution in [1.82, 2.24) is 10.2 Å². The Morgan fingerprint density at radius 3 is 2.39 bits per heavy atom. The molecule has 0 saturated heterocycles. The number of Topliss-reactive ketones (excluding diaryl/α,β-unsaturated/α-hetero) is 1. The quantitative estimate of drug-likeness (QED) is 0.602. The van der Waals surface area contributed by atoms with Crippen LogP contribution in [0.25, 0.3) is 0 Å². The van der Waals surface area contributed by atoms with Crippen molar-refractivity contribution in [2.75, 3.05) is 19.5 Å². The van der Waals surface area contributed by atoms with Gasteiger partial charge in [0.1, 0.15) is 5.82 Å². The Labute approximate surface area is 179 Å². The predicted octanol–water partition coefficient (Wildman–Crippen LogP) is 3.68. The molecule has 0 saturated carbocycles. The molecule has 2 aromatic carbocycles. The normalized spacial score (nSPS) is 20.0. The van der Waals surface area contributed by atoms with Gasteiger partial charge in [-0.2, -0.15) is 0 Å². The van der Waals surface area contributed by atoms with Gasteiger partial charge in [0.25, 0.3) is 5.56 Å². The third kappa shape index (κ3) is 3.13. The van der Waals surface area contributed by atoms with Crippen LogP contribution in [-0.4, -0.2) is 30.2 Å². The van der Waals surface area contributed by atoms with Gasteiger partial charge in [0.2, 0.25) is 0 Å². The average Bonchev–Trinajstić information content (AvgIpc) is 3.17. The van der Waals surface area contributed by atoms with Crippen molar-refractivity contribution in [2.24, 2.45) is 0 Å². The number of aromatic amines is 2. The number of hydrogen-bond donors (Lipinski definition) is 3. The van der Waals surface area contributed by atoms with Crippen LogP contribution in [0.1, 0.15) is 41.4 Å². The van der Waals surface area contributed by atoms with Gasteiger partial charge in [0.05, 0.1) is 19.8 Å². The number of ketones is 1. The lowest BCUT2D eigenvalue weighted by molar-refractivity contribution is -0.116. The second-order valence-electron chi connectivity index (χ2n) is 7.87. The molecule has 0 bridgehead atoms. The van der Waals surface area contributed by atoms with Crippen LogP contribution in [0.4, 0.5) is 5.82 Å². The number of nitrogens with one attached hydrogen (secondary N) is 3. The van der Waals surface area contributed by atoms with E-state index in [1.54, 1.807) is 14.2 Å². The predicted molar refractivity (Wildman–Crippen MR) is 117 cm³/mol. The first-order valence-electron chi connectivity index (χ1n) is 10.2. The fraction of sp³-hybridized carbons (Fsp3) is 0.250. The number of carbonyl (C=O) groups excluding carboxylic acids is 1. The monoisotopic (exact) mass is 417 g/mol. The lowest BCUT2D eigenvalue weighted by Crippen LogP contribution is -2.31. The van der Waals surface area contributed by atoms with Gasteiger partial charge in [-0.05, 0) is 35.6 Å². The van der Waals surface area contributed by atoms with Crippen LogP contribution >= 0.6 is 0 Å². The maximum atomic E-state index is 13.4. The SMILES string of the molecule is COc1ccc([C@@H]2CC(=O)C3=C(C2)Nc2[nH][nH]c(=O)c2[C@H]3c2ccccc2)cc1OC. The van der Waals surface area contributed by atoms with Crippen molar-refractivity contribution in [3.63, 3.8) is 0 Å². The Hall–Kier alpha value is -3.74. The molecule has 0 amide bonds. The Bertz CT molecular complexity index is 1240. The zero-order chi connectivity index (χ0) is 21.5. The number of fused-ring (bicyclic) bond motifs is 1. The Balaban J connectivity index is 1.58. The highest BCUT2D eigenvalue weighted by Crippen LogP contribution is 2.47. The molecule has 1 aliphatic heterocycles. The number of methoxy groups -OCH3 is 2. The molecular formula is C24H23N3O4. The Morgan fingerprint density at radius 1 is 0.871 bits per heavy atom. The highest BCUT2D eigenvalue weighted by atomic mass is 16.5. The first-order valence-corrected chi connectivity index (χ1v) is 10.2. The molecular weight excluding hydrogens is 394 g/mol. The first-order chi connectivity index (χ1) is 15.1. The molecule has 1 aliphatic carbocycles. The number of anilines is 1. The summed E-state index contributed by atoms with van der Waals surface area (Å²) in [5.41, 5.74) is 3.83. The third-order valence-electron chi connectivity index (χ3n) is 6.19. The van der Waals surface area contributed by atoms with Crippen LogP contribution in [0.2, 0.25) is 0 Å². The molecule has 0 radical (unpaired) electrons. The van der Waals surface area contributed by atoms with E-state index in [9.17, 15) is 9.59 Å². The topological polar surface area (TPSA) is 96.2 Å². The molecule has 3 aromatic rings. The van der Waals surface area contributed by atoms with Gasteiger partial charge in [0, 0.05) is 23.6 Å². The molecule has 5 rings (SSSR count). The number of carbonyl (C=O) groups is 1. The summed E-state index contributed by atoms with van der Waals surface area (Å²) in [5, 5.41) is 8.91. The summed E-state index contributed by atoms with van der Waals surface area (Å²) in [7, 11) is 3.20. The second-order valence-corrected chi connectivity index (χ2v) is 7.87. The van der Waals surface area contributed by atoms with Crippen LogP contribution in [0.3, 0.4) is 0 Å². The minimum absolute atomic E-state index is 0.00203. The van der Waals surface area contributed by atoms with Gasteiger partial charge in [0.15, 0.2) is 17.3 Å². The van der Waals surface area contributed by atoms with Crippen molar-refractivity contribution in [3.05, 3.63) is 86.8 Å². The fourth-order valence-electron chi connectivity index (χ4n) is 4.74. The largest absolute Gasteiger partial charge is 0.493 e. The first kappa shape index (κ1) is 19.2. The molecule has 3 N–H and O–H groups in total. The second kappa shape index (κ2) is 7.50. The number of allylic oxidation sites excluding steroid dienone is 2. The summed E-state index contributed by atoms with van der Waals surface area (Å²) >= 11 is 0. The number of rotatable bonds is 4. The van der Waals surface area contributed by atoms with Gasteiger partial charge >= 0.3 is 0 Å². The molecule has 0 fully saturated rings. The highest BCUT2D eigenvalue weighted by Gasteiger charge is 2.40. The minimum Gasteiger partial charge on any atom is -0.493 e. The summed E-state index contributed by atoms with van der Waals surface area (Å²) < 4.78 is 10.8. The van der Waals surface area contributed by atoms with Gasteiger partial charge in [-0.15, -0.1) is 0 Å². The number of benzene rings is 2. The number of H-pyrrole nitrogens is 2. The van der Waals surface area contributed by atoms with E-state index in [4.69, 9.17) is 9.47 Å². The molecule has 2 aliphatic rings. The van der Waals surface area contributed by atoms with E-state index in [-0.39, 0.29) is 23.2 Å². The summed E-state index contributed by atoms with van der Waals surface area (Å²) in [6.07, 6.45) is 1.03. The zero-order valence-electron chi connectivity index (χ0n) is 17.3. The maximum Gasteiger partial charge on any atom is 0.270 e. The van der Waals surface area contributed by atoms with E-state index >= 15 is 0 Å².